The molecule has 0 atom stereocenters. The van der Waals surface area contributed by atoms with Gasteiger partial charge < -0.3 is 16.2 Å². The van der Waals surface area contributed by atoms with Crippen LogP contribution >= 0.6 is 0 Å². The Bertz CT molecular complexity index is 299. The molecule has 0 amide bonds. The van der Waals surface area contributed by atoms with Crippen LogP contribution in [0.3, 0.4) is 0 Å². The summed E-state index contributed by atoms with van der Waals surface area (Å²) in [5, 5.41) is 0. The average molecular weight is 180 g/mol. The average Bonchev–Trinajstić information content (AvgIpc) is 2.14. The first-order valence-corrected chi connectivity index (χ1v) is 3.97. The van der Waals surface area contributed by atoms with Gasteiger partial charge in [-0.2, -0.15) is 0 Å². The Morgan fingerprint density at radius 2 is 2.23 bits per heavy atom. The molecule has 1 aromatic rings. The fourth-order valence-corrected chi connectivity index (χ4v) is 0.901. The number of benzene rings is 1. The molecule has 1 aromatic carbocycles. The molecule has 1 rings (SSSR count). The van der Waals surface area contributed by atoms with Crippen molar-refractivity contribution in [3.05, 3.63) is 29.8 Å². The highest BCUT2D eigenvalue weighted by Gasteiger charge is 2.05. The van der Waals surface area contributed by atoms with E-state index in [2.05, 4.69) is 0 Å². The zero-order valence-electron chi connectivity index (χ0n) is 7.19. The predicted molar refractivity (Wildman–Crippen MR) is 50.2 cm³/mol. The largest absolute Gasteiger partial charge is 0.461 e. The van der Waals surface area contributed by atoms with Crippen molar-refractivity contribution in [2.24, 2.45) is 5.73 Å². The van der Waals surface area contributed by atoms with Crippen LogP contribution in [0.5, 0.6) is 0 Å². The molecule has 0 aliphatic heterocycles. The summed E-state index contributed by atoms with van der Waals surface area (Å²) in [5.41, 5.74) is 11.7. The van der Waals surface area contributed by atoms with Crippen molar-refractivity contribution in [2.45, 2.75) is 0 Å². The first-order chi connectivity index (χ1) is 6.24. The lowest BCUT2D eigenvalue weighted by Gasteiger charge is -2.02. The van der Waals surface area contributed by atoms with Crippen LogP contribution in [0.1, 0.15) is 10.4 Å². The fourth-order valence-electron chi connectivity index (χ4n) is 0.901. The van der Waals surface area contributed by atoms with Crippen LogP contribution in [-0.4, -0.2) is 19.1 Å². The van der Waals surface area contributed by atoms with Crippen molar-refractivity contribution < 1.29 is 9.53 Å². The van der Waals surface area contributed by atoms with E-state index < -0.39 is 5.97 Å². The third-order valence-electron chi connectivity index (χ3n) is 1.47. The maximum Gasteiger partial charge on any atom is 0.338 e. The number of rotatable bonds is 3. The molecule has 0 aliphatic rings. The van der Waals surface area contributed by atoms with Crippen LogP contribution in [0.15, 0.2) is 24.3 Å². The Morgan fingerprint density at radius 3 is 2.85 bits per heavy atom. The van der Waals surface area contributed by atoms with Crippen LogP contribution in [-0.2, 0) is 4.74 Å². The number of hydrogen-bond acceptors (Lipinski definition) is 4. The van der Waals surface area contributed by atoms with E-state index in [-0.39, 0.29) is 6.61 Å². The molecule has 70 valence electrons. The highest BCUT2D eigenvalue weighted by Crippen LogP contribution is 2.07. The summed E-state index contributed by atoms with van der Waals surface area (Å²) in [6.07, 6.45) is 0. The maximum atomic E-state index is 11.2. The molecule has 4 heteroatoms. The first-order valence-electron chi connectivity index (χ1n) is 3.97. The summed E-state index contributed by atoms with van der Waals surface area (Å²) in [5.74, 6) is -0.391. The molecule has 0 spiro atoms. The Morgan fingerprint density at radius 1 is 1.46 bits per heavy atom. The molecule has 4 nitrogen and oxygen atoms in total. The van der Waals surface area contributed by atoms with Crippen molar-refractivity contribution in [1.82, 2.24) is 0 Å². The first kappa shape index (κ1) is 9.54. The van der Waals surface area contributed by atoms with E-state index in [1.807, 2.05) is 0 Å². The molecule has 0 unspecified atom stereocenters. The zero-order valence-corrected chi connectivity index (χ0v) is 7.19. The van der Waals surface area contributed by atoms with Gasteiger partial charge in [0.1, 0.15) is 6.61 Å². The van der Waals surface area contributed by atoms with E-state index in [1.165, 1.54) is 0 Å². The van der Waals surface area contributed by atoms with Crippen molar-refractivity contribution in [1.29, 1.82) is 0 Å². The molecule has 0 radical (unpaired) electrons. The van der Waals surface area contributed by atoms with Gasteiger partial charge in [0.15, 0.2) is 0 Å². The molecule has 0 aromatic heterocycles. The van der Waals surface area contributed by atoms with Gasteiger partial charge in [-0.1, -0.05) is 6.07 Å². The minimum Gasteiger partial charge on any atom is -0.461 e. The standard InChI is InChI=1S/C9H12N2O2/c10-4-5-13-9(12)7-2-1-3-8(11)6-7/h1-3,6H,4-5,10-11H2. The smallest absolute Gasteiger partial charge is 0.338 e. The molecule has 0 saturated carbocycles. The van der Waals surface area contributed by atoms with Crippen LogP contribution in [0.25, 0.3) is 0 Å². The van der Waals surface area contributed by atoms with Crippen molar-refractivity contribution >= 4 is 11.7 Å². The van der Waals surface area contributed by atoms with E-state index in [9.17, 15) is 4.79 Å². The molecule has 0 bridgehead atoms. The second-order valence-electron chi connectivity index (χ2n) is 2.55. The summed E-state index contributed by atoms with van der Waals surface area (Å²) in [6.45, 7) is 0.557. The zero-order chi connectivity index (χ0) is 9.68. The predicted octanol–water partition coefficient (Wildman–Crippen LogP) is 0.384. The molecular formula is C9H12N2O2. The molecule has 0 saturated heterocycles. The van der Waals surface area contributed by atoms with Crippen LogP contribution in [0.4, 0.5) is 5.69 Å². The maximum absolute atomic E-state index is 11.2. The van der Waals surface area contributed by atoms with Gasteiger partial charge in [-0.05, 0) is 18.2 Å². The van der Waals surface area contributed by atoms with Gasteiger partial charge in [-0.15, -0.1) is 0 Å². The summed E-state index contributed by atoms with van der Waals surface area (Å²) in [4.78, 5) is 11.2. The number of nitrogens with two attached hydrogens (primary N) is 2. The Labute approximate surface area is 76.5 Å². The molecule has 13 heavy (non-hydrogen) atoms. The number of nitrogen functional groups attached to an aromatic ring is 1. The lowest BCUT2D eigenvalue weighted by Crippen LogP contribution is -2.13. The minimum atomic E-state index is -0.391. The molecule has 0 heterocycles. The fraction of sp³-hybridized carbons (Fsp3) is 0.222. The van der Waals surface area contributed by atoms with Crippen LogP contribution in [0, 0.1) is 0 Å². The molecule has 0 aliphatic carbocycles. The van der Waals surface area contributed by atoms with Gasteiger partial charge in [-0.25, -0.2) is 4.79 Å². The monoisotopic (exact) mass is 180 g/mol. The van der Waals surface area contributed by atoms with E-state index in [0.717, 1.165) is 0 Å². The lowest BCUT2D eigenvalue weighted by molar-refractivity contribution is 0.0517. The molecule has 4 N–H and O–H groups in total. The quantitative estimate of drug-likeness (QED) is 0.520. The topological polar surface area (TPSA) is 78.3 Å². The number of carbonyl (C=O) groups excluding carboxylic acids is 1. The third kappa shape index (κ3) is 2.76. The van der Waals surface area contributed by atoms with E-state index in [4.69, 9.17) is 16.2 Å². The normalized spacial score (nSPS) is 9.62. The van der Waals surface area contributed by atoms with Gasteiger partial charge in [0.05, 0.1) is 5.56 Å². The van der Waals surface area contributed by atoms with E-state index in [0.29, 0.717) is 17.8 Å². The van der Waals surface area contributed by atoms with Gasteiger partial charge in [0.25, 0.3) is 0 Å². The van der Waals surface area contributed by atoms with Gasteiger partial charge in [0, 0.05) is 12.2 Å². The van der Waals surface area contributed by atoms with E-state index in [1.54, 1.807) is 24.3 Å². The number of hydrogen-bond donors (Lipinski definition) is 2. The van der Waals surface area contributed by atoms with E-state index >= 15 is 0 Å². The Balaban J connectivity index is 2.66. The number of anilines is 1. The number of ether oxygens (including phenoxy) is 1. The highest BCUT2D eigenvalue weighted by atomic mass is 16.5. The van der Waals surface area contributed by atoms with Gasteiger partial charge in [0.2, 0.25) is 0 Å². The van der Waals surface area contributed by atoms with Gasteiger partial charge in [-0.3, -0.25) is 0 Å². The summed E-state index contributed by atoms with van der Waals surface area (Å²) in [6, 6.07) is 6.63. The minimum absolute atomic E-state index is 0.230. The Kier molecular flexibility index (Phi) is 3.28. The third-order valence-corrected chi connectivity index (χ3v) is 1.47. The molecule has 0 fully saturated rings. The lowest BCUT2D eigenvalue weighted by atomic mass is 10.2. The summed E-state index contributed by atoms with van der Waals surface area (Å²) < 4.78 is 4.81. The SMILES string of the molecule is NCCOC(=O)c1cccc(N)c1. The van der Waals surface area contributed by atoms with Crippen LogP contribution in [0.2, 0.25) is 0 Å². The second-order valence-corrected chi connectivity index (χ2v) is 2.55. The molecular weight excluding hydrogens is 168 g/mol. The second kappa shape index (κ2) is 4.47. The Hall–Kier alpha value is -1.55. The van der Waals surface area contributed by atoms with Crippen LogP contribution < -0.4 is 11.5 Å². The highest BCUT2D eigenvalue weighted by molar-refractivity contribution is 5.90. The number of esters is 1. The van der Waals surface area contributed by atoms with Crippen molar-refractivity contribution in [3.8, 4) is 0 Å². The van der Waals surface area contributed by atoms with Crippen molar-refractivity contribution in [3.63, 3.8) is 0 Å². The number of carbonyl (C=O) groups is 1. The van der Waals surface area contributed by atoms with Crippen molar-refractivity contribution in [2.75, 3.05) is 18.9 Å². The van der Waals surface area contributed by atoms with Gasteiger partial charge >= 0.3 is 5.97 Å². The summed E-state index contributed by atoms with van der Waals surface area (Å²) >= 11 is 0. The summed E-state index contributed by atoms with van der Waals surface area (Å²) in [7, 11) is 0.